The zero-order valence-corrected chi connectivity index (χ0v) is 34.2. The Kier molecular flexibility index (Phi) is 12.1. The van der Waals surface area contributed by atoms with Crippen LogP contribution in [0.5, 0.6) is 0 Å². The molecule has 0 nitrogen and oxygen atoms in total. The Morgan fingerprint density at radius 2 is 0.882 bits per heavy atom. The molecule has 0 fully saturated rings. The van der Waals surface area contributed by atoms with Crippen molar-refractivity contribution >= 4 is 18.5 Å². The van der Waals surface area contributed by atoms with Crippen LogP contribution < -0.4 is 0 Å². The molecule has 0 heterocycles. The first-order chi connectivity index (χ1) is 24.6. The molecule has 4 aromatic rings. The number of rotatable bonds is 16. The molecule has 6 rings (SSSR count). The maximum atomic E-state index is 2.73. The first-order valence-electron chi connectivity index (χ1n) is 20.6. The molecule has 2 aliphatic carbocycles. The van der Waals surface area contributed by atoms with E-state index >= 15 is 0 Å². The van der Waals surface area contributed by atoms with Crippen molar-refractivity contribution in [3.63, 3.8) is 0 Å². The summed E-state index contributed by atoms with van der Waals surface area (Å²) in [6.45, 7) is 19.3. The van der Waals surface area contributed by atoms with E-state index in [9.17, 15) is 0 Å². The van der Waals surface area contributed by atoms with Gasteiger partial charge in [0.15, 0.2) is 0 Å². The third-order valence-corrected chi connectivity index (χ3v) is 15.7. The van der Waals surface area contributed by atoms with Crippen molar-refractivity contribution in [2.45, 2.75) is 144 Å². The molecule has 0 aromatic heterocycles. The second kappa shape index (κ2) is 16.5. The van der Waals surface area contributed by atoms with Gasteiger partial charge in [0.05, 0.1) is 0 Å². The fourth-order valence-electron chi connectivity index (χ4n) is 9.24. The van der Waals surface area contributed by atoms with Crippen molar-refractivity contribution in [3.8, 4) is 22.3 Å². The van der Waals surface area contributed by atoms with Crippen LogP contribution in [0.15, 0.2) is 96.1 Å². The third-order valence-electron chi connectivity index (χ3n) is 12.0. The number of hydrogen-bond donors (Lipinski definition) is 0. The second-order valence-corrected chi connectivity index (χ2v) is 21.0. The number of allylic oxidation sites excluding steroid dienone is 2. The van der Waals surface area contributed by atoms with Crippen molar-refractivity contribution in [3.05, 3.63) is 129 Å². The molecule has 0 unspecified atom stereocenters. The smallest absolute Gasteiger partial charge is 0.0655 e. The summed E-state index contributed by atoms with van der Waals surface area (Å²) in [6.07, 6.45) is 15.2. The van der Waals surface area contributed by atoms with E-state index in [0.717, 1.165) is 12.8 Å². The van der Waals surface area contributed by atoms with Gasteiger partial charge in [0.1, 0.15) is 8.07 Å². The molecule has 0 spiro atoms. The van der Waals surface area contributed by atoms with Crippen molar-refractivity contribution in [1.82, 2.24) is 0 Å². The first kappa shape index (κ1) is 37.3. The summed E-state index contributed by atoms with van der Waals surface area (Å²) in [7, 11) is -2.23. The summed E-state index contributed by atoms with van der Waals surface area (Å²) in [5.41, 5.74) is 18.3. The summed E-state index contributed by atoms with van der Waals surface area (Å²) >= 11 is 0. The predicted molar refractivity (Wildman–Crippen MR) is 228 cm³/mol. The van der Waals surface area contributed by atoms with Crippen LogP contribution in [0.3, 0.4) is 0 Å². The average Bonchev–Trinajstić information content (AvgIpc) is 3.71. The van der Waals surface area contributed by atoms with E-state index < -0.39 is 8.07 Å². The number of hydrogen-bond acceptors (Lipinski definition) is 0. The standard InChI is InChI=1S/C50H64Si/c1-9-11-13-15-19-43-33-41-21-17-23-45(39-29-25-37(26-30-39)35(3)4)47(41)49(43)51(7,8)50-44(20-16-14-12-10-2)34-42-22-18-24-46(48(42)50)40-31-27-38(28-32-40)36(5)6/h17-18,21-32,35-36H,9-16,19-20,33-34H2,1-8H3. The van der Waals surface area contributed by atoms with E-state index in [2.05, 4.69) is 140 Å². The molecule has 0 N–H and O–H groups in total. The topological polar surface area (TPSA) is 0 Å². The van der Waals surface area contributed by atoms with Gasteiger partial charge in [0, 0.05) is 0 Å². The molecule has 0 radical (unpaired) electrons. The zero-order valence-electron chi connectivity index (χ0n) is 33.2. The van der Waals surface area contributed by atoms with Crippen molar-refractivity contribution in [2.24, 2.45) is 0 Å². The molecule has 0 saturated carbocycles. The van der Waals surface area contributed by atoms with Crippen LogP contribution in [0.1, 0.15) is 151 Å². The first-order valence-corrected chi connectivity index (χ1v) is 23.6. The van der Waals surface area contributed by atoms with Crippen molar-refractivity contribution in [1.29, 1.82) is 0 Å². The molecule has 0 amide bonds. The normalized spacial score (nSPS) is 14.3. The second-order valence-electron chi connectivity index (χ2n) is 16.8. The van der Waals surface area contributed by atoms with Gasteiger partial charge in [-0.15, -0.1) is 0 Å². The Labute approximate surface area is 312 Å². The molecular formula is C50H64Si. The molecule has 0 bridgehead atoms. The van der Waals surface area contributed by atoms with Crippen LogP contribution in [0.2, 0.25) is 13.1 Å². The Morgan fingerprint density at radius 3 is 1.24 bits per heavy atom. The van der Waals surface area contributed by atoms with Crippen LogP contribution in [-0.2, 0) is 12.8 Å². The summed E-state index contributed by atoms with van der Waals surface area (Å²) < 4.78 is 0. The lowest BCUT2D eigenvalue weighted by atomic mass is 9.94. The molecule has 1 heteroatoms. The molecular weight excluding hydrogens is 629 g/mol. The molecule has 0 atom stereocenters. The van der Waals surface area contributed by atoms with Gasteiger partial charge in [-0.25, -0.2) is 0 Å². The Morgan fingerprint density at radius 1 is 0.490 bits per heavy atom. The predicted octanol–water partition coefficient (Wildman–Crippen LogP) is 15.3. The van der Waals surface area contributed by atoms with Crippen LogP contribution in [-0.4, -0.2) is 8.07 Å². The number of unbranched alkanes of at least 4 members (excludes halogenated alkanes) is 6. The van der Waals surface area contributed by atoms with E-state index in [-0.39, 0.29) is 0 Å². The minimum absolute atomic E-state index is 0.540. The summed E-state index contributed by atoms with van der Waals surface area (Å²) in [5.74, 6) is 1.08. The average molecular weight is 693 g/mol. The van der Waals surface area contributed by atoms with E-state index in [1.165, 1.54) is 97.6 Å². The van der Waals surface area contributed by atoms with E-state index in [1.54, 1.807) is 43.8 Å². The summed E-state index contributed by atoms with van der Waals surface area (Å²) in [4.78, 5) is 0. The van der Waals surface area contributed by atoms with Gasteiger partial charge in [-0.3, -0.25) is 0 Å². The highest BCUT2D eigenvalue weighted by molar-refractivity contribution is 7.09. The summed E-state index contributed by atoms with van der Waals surface area (Å²) in [5, 5.41) is 3.52. The lowest BCUT2D eigenvalue weighted by molar-refractivity contribution is 0.661. The van der Waals surface area contributed by atoms with E-state index in [0.29, 0.717) is 11.8 Å². The van der Waals surface area contributed by atoms with Gasteiger partial charge >= 0.3 is 0 Å². The maximum Gasteiger partial charge on any atom is 0.113 e. The highest BCUT2D eigenvalue weighted by Crippen LogP contribution is 2.54. The Hall–Kier alpha value is -3.42. The van der Waals surface area contributed by atoms with Gasteiger partial charge in [0.2, 0.25) is 0 Å². The fraction of sp³-hybridized carbons (Fsp3) is 0.440. The van der Waals surface area contributed by atoms with Gasteiger partial charge < -0.3 is 0 Å². The zero-order chi connectivity index (χ0) is 36.1. The van der Waals surface area contributed by atoms with Crippen LogP contribution in [0.25, 0.3) is 32.6 Å². The molecule has 51 heavy (non-hydrogen) atoms. The van der Waals surface area contributed by atoms with Crippen LogP contribution >= 0.6 is 0 Å². The van der Waals surface area contributed by atoms with Gasteiger partial charge in [-0.2, -0.15) is 0 Å². The van der Waals surface area contributed by atoms with Gasteiger partial charge in [-0.05, 0) is 116 Å². The number of benzene rings is 4. The Balaban J connectivity index is 1.54. The van der Waals surface area contributed by atoms with Gasteiger partial charge in [-0.1, -0.05) is 189 Å². The molecule has 268 valence electrons. The Bertz CT molecular complexity index is 1720. The van der Waals surface area contributed by atoms with Crippen molar-refractivity contribution in [2.75, 3.05) is 0 Å². The number of fused-ring (bicyclic) bond motifs is 2. The van der Waals surface area contributed by atoms with Crippen molar-refractivity contribution < 1.29 is 0 Å². The minimum atomic E-state index is -2.23. The van der Waals surface area contributed by atoms with Crippen LogP contribution in [0, 0.1) is 0 Å². The largest absolute Gasteiger partial charge is 0.113 e. The fourth-order valence-corrected chi connectivity index (χ4v) is 13.5. The van der Waals surface area contributed by atoms with Gasteiger partial charge in [0.25, 0.3) is 0 Å². The quantitative estimate of drug-likeness (QED) is 0.0810. The van der Waals surface area contributed by atoms with E-state index in [1.807, 2.05) is 0 Å². The van der Waals surface area contributed by atoms with E-state index in [4.69, 9.17) is 0 Å². The lowest BCUT2D eigenvalue weighted by Crippen LogP contribution is -2.32. The summed E-state index contributed by atoms with van der Waals surface area (Å²) in [6, 6.07) is 33.5. The maximum absolute atomic E-state index is 2.73. The van der Waals surface area contributed by atoms with Crippen LogP contribution in [0.4, 0.5) is 0 Å². The molecule has 0 aliphatic heterocycles. The highest BCUT2D eigenvalue weighted by atomic mass is 28.3. The minimum Gasteiger partial charge on any atom is -0.0655 e. The molecule has 0 saturated heterocycles. The highest BCUT2D eigenvalue weighted by Gasteiger charge is 2.43. The lowest BCUT2D eigenvalue weighted by Gasteiger charge is -2.33. The monoisotopic (exact) mass is 692 g/mol. The molecule has 2 aliphatic rings. The SMILES string of the molecule is CCCCCCC1=C([Si](C)(C)C2=C(CCCCCC)Cc3cccc(-c4ccc(C(C)C)cc4)c32)c2c(cccc2-c2ccc(C(C)C)cc2)C1. The third kappa shape index (κ3) is 7.85. The molecule has 4 aromatic carbocycles.